The number of alkyl halides is 2. The Kier molecular flexibility index (Phi) is 6.43. The summed E-state index contributed by atoms with van der Waals surface area (Å²) in [6.07, 6.45) is 0.419. The molecular formula is C13H20F2N2O. The summed E-state index contributed by atoms with van der Waals surface area (Å²) in [4.78, 5) is 0. The van der Waals surface area contributed by atoms with E-state index >= 15 is 0 Å². The van der Waals surface area contributed by atoms with Crippen molar-refractivity contribution in [2.24, 2.45) is 0 Å². The fraction of sp³-hybridized carbons (Fsp3) is 0.538. The van der Waals surface area contributed by atoms with Crippen LogP contribution in [0.25, 0.3) is 0 Å². The topological polar surface area (TPSA) is 47.3 Å². The molecule has 0 unspecified atom stereocenters. The van der Waals surface area contributed by atoms with Crippen LogP contribution in [0.4, 0.5) is 20.2 Å². The Bertz CT molecular complexity index is 359. The van der Waals surface area contributed by atoms with Crippen LogP contribution in [0, 0.1) is 0 Å². The van der Waals surface area contributed by atoms with Gasteiger partial charge >= 0.3 is 0 Å². The molecule has 3 N–H and O–H groups in total. The number of halogens is 2. The van der Waals surface area contributed by atoms with E-state index in [9.17, 15) is 8.78 Å². The van der Waals surface area contributed by atoms with Crippen molar-refractivity contribution in [2.45, 2.75) is 25.7 Å². The third-order valence-electron chi connectivity index (χ3n) is 2.65. The third-order valence-corrected chi connectivity index (χ3v) is 2.65. The Morgan fingerprint density at radius 2 is 2.06 bits per heavy atom. The van der Waals surface area contributed by atoms with Crippen molar-refractivity contribution in [1.29, 1.82) is 0 Å². The van der Waals surface area contributed by atoms with Gasteiger partial charge in [0.05, 0.1) is 0 Å². The summed E-state index contributed by atoms with van der Waals surface area (Å²) in [5.41, 5.74) is 6.29. The van der Waals surface area contributed by atoms with Gasteiger partial charge in [0, 0.05) is 37.2 Å². The number of nitrogen functional groups attached to an aromatic ring is 1. The largest absolute Gasteiger partial charge is 0.399 e. The van der Waals surface area contributed by atoms with Crippen molar-refractivity contribution in [3.05, 3.63) is 23.8 Å². The van der Waals surface area contributed by atoms with Crippen LogP contribution in [0.5, 0.6) is 0 Å². The highest BCUT2D eigenvalue weighted by atomic mass is 19.3. The minimum Gasteiger partial charge on any atom is -0.399 e. The van der Waals surface area contributed by atoms with Gasteiger partial charge in [0.25, 0.3) is 6.43 Å². The number of nitrogens with two attached hydrogens (primary N) is 1. The van der Waals surface area contributed by atoms with Crippen molar-refractivity contribution in [1.82, 2.24) is 0 Å². The van der Waals surface area contributed by atoms with Gasteiger partial charge in [-0.1, -0.05) is 0 Å². The molecule has 0 bridgehead atoms. The Balaban J connectivity index is 2.42. The second-order valence-corrected chi connectivity index (χ2v) is 4.13. The van der Waals surface area contributed by atoms with E-state index in [2.05, 4.69) is 5.32 Å². The minimum absolute atomic E-state index is 0.0353. The van der Waals surface area contributed by atoms with Gasteiger partial charge in [-0.3, -0.25) is 0 Å². The third kappa shape index (κ3) is 4.87. The molecule has 18 heavy (non-hydrogen) atoms. The lowest BCUT2D eigenvalue weighted by atomic mass is 10.1. The molecule has 1 aromatic rings. The van der Waals surface area contributed by atoms with E-state index in [0.717, 1.165) is 25.9 Å². The fourth-order valence-corrected chi connectivity index (χ4v) is 1.69. The predicted octanol–water partition coefficient (Wildman–Crippen LogP) is 3.44. The summed E-state index contributed by atoms with van der Waals surface area (Å²) in [5, 5.41) is 3.02. The Morgan fingerprint density at radius 3 is 2.72 bits per heavy atom. The van der Waals surface area contributed by atoms with Gasteiger partial charge in [-0.05, 0) is 37.5 Å². The standard InChI is InChI=1S/C13H20F2N2O/c1-18-8-4-2-3-7-17-12-6-5-10(16)9-11(12)13(14)15/h5-6,9,13,17H,2-4,7-8,16H2,1H3. The van der Waals surface area contributed by atoms with Gasteiger partial charge in [0.15, 0.2) is 0 Å². The first-order valence-corrected chi connectivity index (χ1v) is 6.05. The second kappa shape index (κ2) is 7.87. The van der Waals surface area contributed by atoms with E-state index in [4.69, 9.17) is 10.5 Å². The van der Waals surface area contributed by atoms with E-state index < -0.39 is 6.43 Å². The van der Waals surface area contributed by atoms with Gasteiger partial charge in [-0.15, -0.1) is 0 Å². The molecule has 0 amide bonds. The Morgan fingerprint density at radius 1 is 1.28 bits per heavy atom. The fourth-order valence-electron chi connectivity index (χ4n) is 1.69. The molecule has 0 atom stereocenters. The molecule has 5 heteroatoms. The van der Waals surface area contributed by atoms with Crippen LogP contribution >= 0.6 is 0 Å². The maximum absolute atomic E-state index is 12.8. The highest BCUT2D eigenvalue weighted by Gasteiger charge is 2.12. The van der Waals surface area contributed by atoms with Crippen LogP contribution in [0.15, 0.2) is 18.2 Å². The van der Waals surface area contributed by atoms with Crippen LogP contribution in [0.1, 0.15) is 31.3 Å². The number of benzene rings is 1. The molecule has 0 fully saturated rings. The summed E-state index contributed by atoms with van der Waals surface area (Å²) < 4.78 is 30.5. The maximum Gasteiger partial charge on any atom is 0.265 e. The van der Waals surface area contributed by atoms with Crippen LogP contribution in [-0.4, -0.2) is 20.3 Å². The summed E-state index contributed by atoms with van der Waals surface area (Å²) in [6.45, 7) is 1.41. The normalized spacial score (nSPS) is 10.9. The lowest BCUT2D eigenvalue weighted by Gasteiger charge is -2.12. The predicted molar refractivity (Wildman–Crippen MR) is 70.0 cm³/mol. The molecule has 1 aromatic carbocycles. The number of methoxy groups -OCH3 is 1. The molecule has 0 spiro atoms. The quantitative estimate of drug-likeness (QED) is 0.554. The highest BCUT2D eigenvalue weighted by molar-refractivity contribution is 5.58. The van der Waals surface area contributed by atoms with Crippen LogP contribution < -0.4 is 11.1 Å². The summed E-state index contributed by atoms with van der Waals surface area (Å²) in [7, 11) is 1.67. The summed E-state index contributed by atoms with van der Waals surface area (Å²) in [6, 6.07) is 4.54. The van der Waals surface area contributed by atoms with Gasteiger partial charge in [-0.2, -0.15) is 0 Å². The monoisotopic (exact) mass is 258 g/mol. The summed E-state index contributed by atoms with van der Waals surface area (Å²) >= 11 is 0. The average Bonchev–Trinajstić information content (AvgIpc) is 2.35. The second-order valence-electron chi connectivity index (χ2n) is 4.13. The van der Waals surface area contributed by atoms with Gasteiger partial charge in [0.2, 0.25) is 0 Å². The molecule has 0 saturated heterocycles. The van der Waals surface area contributed by atoms with Crippen molar-refractivity contribution >= 4 is 11.4 Å². The van der Waals surface area contributed by atoms with Crippen molar-refractivity contribution in [3.8, 4) is 0 Å². The van der Waals surface area contributed by atoms with Gasteiger partial charge in [-0.25, -0.2) is 8.78 Å². The molecule has 0 aliphatic heterocycles. The summed E-state index contributed by atoms with van der Waals surface area (Å²) in [5.74, 6) is 0. The maximum atomic E-state index is 12.8. The SMILES string of the molecule is COCCCCCNc1ccc(N)cc1C(F)F. The number of rotatable bonds is 8. The van der Waals surface area contributed by atoms with E-state index in [1.165, 1.54) is 6.07 Å². The zero-order valence-corrected chi connectivity index (χ0v) is 10.6. The molecule has 1 rings (SSSR count). The number of hydrogen-bond acceptors (Lipinski definition) is 3. The van der Waals surface area contributed by atoms with Crippen molar-refractivity contribution < 1.29 is 13.5 Å². The Labute approximate surface area is 106 Å². The molecule has 3 nitrogen and oxygen atoms in total. The minimum atomic E-state index is -2.51. The first kappa shape index (κ1) is 14.7. The lowest BCUT2D eigenvalue weighted by molar-refractivity contribution is 0.152. The Hall–Kier alpha value is -1.36. The molecule has 0 radical (unpaired) electrons. The number of hydrogen-bond donors (Lipinski definition) is 2. The van der Waals surface area contributed by atoms with Crippen LogP contribution in [0.3, 0.4) is 0 Å². The van der Waals surface area contributed by atoms with E-state index in [0.29, 0.717) is 17.9 Å². The number of ether oxygens (including phenoxy) is 1. The average molecular weight is 258 g/mol. The molecule has 0 aliphatic rings. The van der Waals surface area contributed by atoms with E-state index in [-0.39, 0.29) is 5.56 Å². The van der Waals surface area contributed by atoms with E-state index in [1.54, 1.807) is 19.2 Å². The number of anilines is 2. The molecule has 0 aromatic heterocycles. The van der Waals surface area contributed by atoms with Crippen LogP contribution in [-0.2, 0) is 4.74 Å². The smallest absolute Gasteiger partial charge is 0.265 e. The van der Waals surface area contributed by atoms with Crippen molar-refractivity contribution in [2.75, 3.05) is 31.3 Å². The number of unbranched alkanes of at least 4 members (excludes halogenated alkanes) is 2. The zero-order chi connectivity index (χ0) is 13.4. The number of nitrogens with one attached hydrogen (secondary N) is 1. The van der Waals surface area contributed by atoms with Gasteiger partial charge < -0.3 is 15.8 Å². The van der Waals surface area contributed by atoms with E-state index in [1.807, 2.05) is 0 Å². The molecule has 0 heterocycles. The molecule has 102 valence electrons. The lowest BCUT2D eigenvalue weighted by Crippen LogP contribution is -2.05. The van der Waals surface area contributed by atoms with Crippen LogP contribution in [0.2, 0.25) is 0 Å². The molecule has 0 aliphatic carbocycles. The van der Waals surface area contributed by atoms with Gasteiger partial charge in [0.1, 0.15) is 0 Å². The highest BCUT2D eigenvalue weighted by Crippen LogP contribution is 2.28. The first-order valence-electron chi connectivity index (χ1n) is 6.05. The molecule has 0 saturated carbocycles. The first-order chi connectivity index (χ1) is 8.65. The molecular weight excluding hydrogens is 238 g/mol. The van der Waals surface area contributed by atoms with Crippen molar-refractivity contribution in [3.63, 3.8) is 0 Å². The zero-order valence-electron chi connectivity index (χ0n) is 10.6.